The summed E-state index contributed by atoms with van der Waals surface area (Å²) in [7, 11) is 0. The maximum Gasteiger partial charge on any atom is 0.306 e. The summed E-state index contributed by atoms with van der Waals surface area (Å²) in [5.74, 6) is 6.13. The molecule has 2 aliphatic rings. The minimum absolute atomic E-state index is 0.00147. The molecule has 0 bridgehead atoms. The molecule has 2 aliphatic carbocycles. The predicted octanol–water partition coefficient (Wildman–Crippen LogP) is 9.76. The minimum Gasteiger partial charge on any atom is -0.460 e. The predicted molar refractivity (Wildman–Crippen MR) is 213 cm³/mol. The van der Waals surface area contributed by atoms with Gasteiger partial charge in [-0.2, -0.15) is 0 Å². The smallest absolute Gasteiger partial charge is 0.306 e. The van der Waals surface area contributed by atoms with E-state index in [1.165, 1.54) is 0 Å². The number of ether oxygens (including phenoxy) is 1. The lowest BCUT2D eigenvalue weighted by Crippen LogP contribution is -2.55. The van der Waals surface area contributed by atoms with Gasteiger partial charge in [-0.25, -0.2) is 0 Å². The second-order valence-corrected chi connectivity index (χ2v) is 16.2. The normalized spacial score (nSPS) is 24.5. The molecule has 0 saturated heterocycles. The molecule has 2 rings (SSSR count). The lowest BCUT2D eigenvalue weighted by Gasteiger charge is -2.49. The highest BCUT2D eigenvalue weighted by Gasteiger charge is 2.53. The van der Waals surface area contributed by atoms with E-state index in [2.05, 4.69) is 32.6 Å². The monoisotopic (exact) mass is 712 g/mol. The molecule has 6 nitrogen and oxygen atoms in total. The number of aliphatic hydroxyl groups is 2. The fraction of sp³-hybridized carbons (Fsp3) is 0.543. The molecule has 0 spiro atoms. The average Bonchev–Trinajstić information content (AvgIpc) is 3.03. The summed E-state index contributed by atoms with van der Waals surface area (Å²) >= 11 is 0. The summed E-state index contributed by atoms with van der Waals surface area (Å²) in [5.41, 5.74) is 3.33. The van der Waals surface area contributed by atoms with Crippen LogP contribution in [0.3, 0.4) is 0 Å². The summed E-state index contributed by atoms with van der Waals surface area (Å²) in [5, 5.41) is 21.7. The van der Waals surface area contributed by atoms with E-state index in [0.717, 1.165) is 41.6 Å². The van der Waals surface area contributed by atoms with Crippen LogP contribution in [0.1, 0.15) is 127 Å². The highest BCUT2D eigenvalue weighted by molar-refractivity contribution is 5.96. The van der Waals surface area contributed by atoms with Gasteiger partial charge in [-0.3, -0.25) is 14.4 Å². The number of ketones is 2. The van der Waals surface area contributed by atoms with Gasteiger partial charge in [0.05, 0.1) is 11.7 Å². The first-order valence-corrected chi connectivity index (χ1v) is 18.9. The topological polar surface area (TPSA) is 101 Å². The van der Waals surface area contributed by atoms with Crippen molar-refractivity contribution in [2.45, 2.75) is 139 Å². The van der Waals surface area contributed by atoms with E-state index in [1.807, 2.05) is 96.2 Å². The number of Topliss-reactive ketones (excluding diaryl/α,β-unsaturated/α-hetero) is 2. The van der Waals surface area contributed by atoms with Crippen LogP contribution in [0.2, 0.25) is 0 Å². The van der Waals surface area contributed by atoms with Gasteiger partial charge in [0, 0.05) is 47.7 Å². The van der Waals surface area contributed by atoms with Crippen LogP contribution >= 0.6 is 0 Å². The van der Waals surface area contributed by atoms with Gasteiger partial charge in [0.1, 0.15) is 12.4 Å². The quantitative estimate of drug-likeness (QED) is 0.0577. The second-order valence-electron chi connectivity index (χ2n) is 16.2. The van der Waals surface area contributed by atoms with Gasteiger partial charge < -0.3 is 14.9 Å². The number of esters is 1. The summed E-state index contributed by atoms with van der Waals surface area (Å²) in [6.45, 7) is 19.8. The SMILES string of the molecule is CCCCCC(=O)OC/C(C#CC1=C(C)CC(O)CC1(C)C)=C/C=C\C(C)=C/C=C/C=C(C)/C=C\C=C(/C)C(=O)CC1(O)C(C)CC(=O)CC1(C)C. The molecule has 0 aromatic rings. The molecule has 3 atom stereocenters. The molecule has 0 heterocycles. The van der Waals surface area contributed by atoms with Crippen molar-refractivity contribution in [3.63, 3.8) is 0 Å². The molecule has 52 heavy (non-hydrogen) atoms. The van der Waals surface area contributed by atoms with Gasteiger partial charge in [0.25, 0.3) is 0 Å². The molecule has 1 fully saturated rings. The van der Waals surface area contributed by atoms with Crippen molar-refractivity contribution in [1.82, 2.24) is 0 Å². The summed E-state index contributed by atoms with van der Waals surface area (Å²) in [6.07, 6.45) is 24.0. The van der Waals surface area contributed by atoms with Crippen LogP contribution in [0, 0.1) is 28.6 Å². The van der Waals surface area contributed by atoms with Crippen molar-refractivity contribution in [2.24, 2.45) is 16.7 Å². The van der Waals surface area contributed by atoms with Crippen LogP contribution in [-0.2, 0) is 19.1 Å². The maximum atomic E-state index is 13.0. The highest BCUT2D eigenvalue weighted by Crippen LogP contribution is 2.48. The molecule has 284 valence electrons. The first kappa shape index (κ1) is 44.4. The van der Waals surface area contributed by atoms with Crippen LogP contribution in [0.5, 0.6) is 0 Å². The Balaban J connectivity index is 2.08. The summed E-state index contributed by atoms with van der Waals surface area (Å²) in [6, 6.07) is 0. The number of rotatable bonds is 15. The third-order valence-electron chi connectivity index (χ3n) is 10.3. The third kappa shape index (κ3) is 14.0. The average molecular weight is 713 g/mol. The van der Waals surface area contributed by atoms with E-state index in [4.69, 9.17) is 4.74 Å². The largest absolute Gasteiger partial charge is 0.460 e. The Morgan fingerprint density at radius 2 is 1.54 bits per heavy atom. The standard InChI is InChI=1S/C46H64O6/c1-11-12-13-24-43(50)52-32-38(25-26-41-36(5)27-39(47)29-44(41,7)8)23-17-21-34(3)19-15-14-18-33(2)20-16-22-35(4)42(49)31-46(51)37(6)28-40(48)30-45(46,9)10/h14-23,37,39,47,51H,11-13,24,27-32H2,1-10H3/b15-14+,20-16-,21-17-,33-18+,34-19-,35-22+,38-23+. The van der Waals surface area contributed by atoms with E-state index in [1.54, 1.807) is 13.0 Å². The fourth-order valence-corrected chi connectivity index (χ4v) is 7.06. The van der Waals surface area contributed by atoms with E-state index in [0.29, 0.717) is 36.8 Å². The number of carbonyl (C=O) groups is 3. The van der Waals surface area contributed by atoms with Crippen LogP contribution in [0.25, 0.3) is 0 Å². The molecular weight excluding hydrogens is 649 g/mol. The van der Waals surface area contributed by atoms with E-state index in [9.17, 15) is 24.6 Å². The number of allylic oxidation sites excluding steroid dienone is 14. The molecule has 0 aromatic carbocycles. The molecule has 2 N–H and O–H groups in total. The van der Waals surface area contributed by atoms with Gasteiger partial charge in [0.2, 0.25) is 0 Å². The Bertz CT molecular complexity index is 1610. The van der Waals surface area contributed by atoms with Gasteiger partial charge in [-0.15, -0.1) is 0 Å². The van der Waals surface area contributed by atoms with Crippen molar-refractivity contribution in [1.29, 1.82) is 0 Å². The first-order valence-electron chi connectivity index (χ1n) is 18.9. The van der Waals surface area contributed by atoms with Crippen molar-refractivity contribution in [3.8, 4) is 11.8 Å². The van der Waals surface area contributed by atoms with Gasteiger partial charge in [-0.05, 0) is 64.5 Å². The van der Waals surface area contributed by atoms with Crippen molar-refractivity contribution in [2.75, 3.05) is 6.61 Å². The van der Waals surface area contributed by atoms with Crippen LogP contribution in [0.15, 0.2) is 94.2 Å². The molecule has 3 unspecified atom stereocenters. The zero-order chi connectivity index (χ0) is 39.1. The Kier molecular flexibility index (Phi) is 17.5. The fourth-order valence-electron chi connectivity index (χ4n) is 7.06. The molecule has 0 aromatic heterocycles. The Hall–Kier alpha value is -3.79. The molecule has 6 heteroatoms. The Morgan fingerprint density at radius 3 is 2.12 bits per heavy atom. The van der Waals surface area contributed by atoms with Crippen LogP contribution in [0.4, 0.5) is 0 Å². The van der Waals surface area contributed by atoms with Crippen LogP contribution in [-0.4, -0.2) is 46.1 Å². The van der Waals surface area contributed by atoms with Gasteiger partial charge in [0.15, 0.2) is 5.78 Å². The van der Waals surface area contributed by atoms with E-state index >= 15 is 0 Å². The number of unbranched alkanes of at least 4 members (excludes halogenated alkanes) is 2. The first-order chi connectivity index (χ1) is 24.3. The number of hydrogen-bond acceptors (Lipinski definition) is 6. The highest BCUT2D eigenvalue weighted by atomic mass is 16.5. The van der Waals surface area contributed by atoms with Crippen molar-refractivity contribution < 1.29 is 29.3 Å². The van der Waals surface area contributed by atoms with E-state index < -0.39 is 11.0 Å². The summed E-state index contributed by atoms with van der Waals surface area (Å²) < 4.78 is 5.57. The zero-order valence-electron chi connectivity index (χ0n) is 33.5. The zero-order valence-corrected chi connectivity index (χ0v) is 33.5. The molecule has 0 aliphatic heterocycles. The number of carbonyl (C=O) groups excluding carboxylic acids is 3. The van der Waals surface area contributed by atoms with Crippen molar-refractivity contribution in [3.05, 3.63) is 94.2 Å². The molecular formula is C46H64O6. The molecule has 1 saturated carbocycles. The van der Waals surface area contributed by atoms with Crippen molar-refractivity contribution >= 4 is 17.5 Å². The second kappa shape index (κ2) is 20.5. The number of hydrogen-bond donors (Lipinski definition) is 2. The van der Waals surface area contributed by atoms with Crippen LogP contribution < -0.4 is 0 Å². The lowest BCUT2D eigenvalue weighted by molar-refractivity contribution is -0.162. The lowest BCUT2D eigenvalue weighted by atomic mass is 9.58. The van der Waals surface area contributed by atoms with E-state index in [-0.39, 0.29) is 54.4 Å². The third-order valence-corrected chi connectivity index (χ3v) is 10.3. The maximum absolute atomic E-state index is 13.0. The summed E-state index contributed by atoms with van der Waals surface area (Å²) in [4.78, 5) is 37.4. The van der Waals surface area contributed by atoms with Gasteiger partial charge >= 0.3 is 5.97 Å². The van der Waals surface area contributed by atoms with Gasteiger partial charge in [-0.1, -0.05) is 138 Å². The Labute approximate surface area is 314 Å². The molecule has 0 amide bonds. The molecule has 0 radical (unpaired) electrons. The number of aliphatic hydroxyl groups excluding tert-OH is 1. The Morgan fingerprint density at radius 1 is 0.923 bits per heavy atom. The minimum atomic E-state index is -1.22.